The molecule has 4 heteroatoms. The fraction of sp³-hybridized carbons (Fsp3) is 0.500. The number of nitrogens with zero attached hydrogens (tertiary/aromatic N) is 1. The van der Waals surface area contributed by atoms with Crippen LogP contribution in [0.4, 0.5) is 10.5 Å². The molecule has 0 saturated carbocycles. The van der Waals surface area contributed by atoms with Gasteiger partial charge in [0.1, 0.15) is 5.75 Å². The van der Waals surface area contributed by atoms with E-state index < -0.39 is 0 Å². The van der Waals surface area contributed by atoms with E-state index in [4.69, 9.17) is 4.74 Å². The molecule has 1 saturated heterocycles. The summed E-state index contributed by atoms with van der Waals surface area (Å²) in [4.78, 5) is 14.0. The molecule has 1 aliphatic rings. The number of piperidine rings is 1. The van der Waals surface area contributed by atoms with Gasteiger partial charge in [-0.15, -0.1) is 0 Å². The van der Waals surface area contributed by atoms with Crippen molar-refractivity contribution >= 4 is 11.7 Å². The summed E-state index contributed by atoms with van der Waals surface area (Å²) >= 11 is 0. The fourth-order valence-corrected chi connectivity index (χ4v) is 2.27. The van der Waals surface area contributed by atoms with E-state index in [0.29, 0.717) is 6.04 Å². The highest BCUT2D eigenvalue weighted by Crippen LogP contribution is 2.19. The molecule has 0 radical (unpaired) electrons. The zero-order valence-electron chi connectivity index (χ0n) is 11.0. The zero-order chi connectivity index (χ0) is 13.0. The predicted molar refractivity (Wildman–Crippen MR) is 72.0 cm³/mol. The van der Waals surface area contributed by atoms with Crippen LogP contribution >= 0.6 is 0 Å². The second-order valence-corrected chi connectivity index (χ2v) is 4.70. The van der Waals surface area contributed by atoms with E-state index in [2.05, 4.69) is 12.2 Å². The van der Waals surface area contributed by atoms with Crippen molar-refractivity contribution in [2.24, 2.45) is 0 Å². The molecular formula is C14H20N2O2. The summed E-state index contributed by atoms with van der Waals surface area (Å²) in [5, 5.41) is 2.92. The Hall–Kier alpha value is -1.71. The second-order valence-electron chi connectivity index (χ2n) is 4.70. The van der Waals surface area contributed by atoms with Crippen LogP contribution in [0.15, 0.2) is 24.3 Å². The van der Waals surface area contributed by atoms with Crippen molar-refractivity contribution in [3.05, 3.63) is 24.3 Å². The third-order valence-electron chi connectivity index (χ3n) is 3.41. The number of carbonyl (C=O) groups is 1. The Balaban J connectivity index is 1.97. The summed E-state index contributed by atoms with van der Waals surface area (Å²) in [5.74, 6) is 0.791. The lowest BCUT2D eigenvalue weighted by molar-refractivity contribution is 0.170. The number of hydrogen-bond acceptors (Lipinski definition) is 2. The van der Waals surface area contributed by atoms with Crippen molar-refractivity contribution in [1.29, 1.82) is 0 Å². The highest BCUT2D eigenvalue weighted by molar-refractivity contribution is 5.89. The van der Waals surface area contributed by atoms with Crippen LogP contribution in [0.2, 0.25) is 0 Å². The van der Waals surface area contributed by atoms with Crippen LogP contribution in [0, 0.1) is 0 Å². The van der Waals surface area contributed by atoms with E-state index >= 15 is 0 Å². The average Bonchev–Trinajstić information content (AvgIpc) is 2.40. The van der Waals surface area contributed by atoms with E-state index in [0.717, 1.165) is 30.8 Å². The van der Waals surface area contributed by atoms with Crippen LogP contribution in [0.25, 0.3) is 0 Å². The molecule has 2 amide bonds. The molecule has 0 aromatic heterocycles. The number of methoxy groups -OCH3 is 1. The summed E-state index contributed by atoms with van der Waals surface area (Å²) in [7, 11) is 1.63. The standard InChI is InChI=1S/C14H20N2O2/c1-11-5-3-4-10-16(11)14(17)15-12-6-8-13(18-2)9-7-12/h6-9,11H,3-5,10H2,1-2H3,(H,15,17)/t11-/m1/s1. The number of ether oxygens (including phenoxy) is 1. The van der Waals surface area contributed by atoms with Crippen molar-refractivity contribution in [3.8, 4) is 5.75 Å². The molecule has 1 heterocycles. The molecular weight excluding hydrogens is 228 g/mol. The Morgan fingerprint density at radius 3 is 2.67 bits per heavy atom. The SMILES string of the molecule is COc1ccc(NC(=O)N2CCCC[C@H]2C)cc1. The van der Waals surface area contributed by atoms with Gasteiger partial charge in [-0.2, -0.15) is 0 Å². The predicted octanol–water partition coefficient (Wildman–Crippen LogP) is 3.10. The van der Waals surface area contributed by atoms with Gasteiger partial charge in [0.25, 0.3) is 0 Å². The first-order valence-electron chi connectivity index (χ1n) is 6.42. The molecule has 98 valence electrons. The third kappa shape index (κ3) is 2.94. The average molecular weight is 248 g/mol. The monoisotopic (exact) mass is 248 g/mol. The maximum Gasteiger partial charge on any atom is 0.322 e. The normalized spacial score (nSPS) is 19.4. The van der Waals surface area contributed by atoms with E-state index in [1.807, 2.05) is 29.2 Å². The highest BCUT2D eigenvalue weighted by Gasteiger charge is 2.22. The van der Waals surface area contributed by atoms with Crippen LogP contribution in [0.5, 0.6) is 5.75 Å². The Bertz CT molecular complexity index is 403. The minimum atomic E-state index is -0.00707. The lowest BCUT2D eigenvalue weighted by Gasteiger charge is -2.33. The summed E-state index contributed by atoms with van der Waals surface area (Å²) in [6.45, 7) is 2.95. The number of hydrogen-bond donors (Lipinski definition) is 1. The first kappa shape index (κ1) is 12.7. The molecule has 2 rings (SSSR count). The molecule has 0 bridgehead atoms. The molecule has 0 spiro atoms. The molecule has 0 unspecified atom stereocenters. The molecule has 18 heavy (non-hydrogen) atoms. The molecule has 4 nitrogen and oxygen atoms in total. The van der Waals surface area contributed by atoms with Crippen LogP contribution in [-0.2, 0) is 0 Å². The fourth-order valence-electron chi connectivity index (χ4n) is 2.27. The van der Waals surface area contributed by atoms with Gasteiger partial charge in [-0.05, 0) is 50.5 Å². The summed E-state index contributed by atoms with van der Waals surface area (Å²) in [6, 6.07) is 7.71. The molecule has 1 fully saturated rings. The van der Waals surface area contributed by atoms with E-state index in [-0.39, 0.29) is 6.03 Å². The Labute approximate surface area is 108 Å². The number of benzene rings is 1. The van der Waals surface area contributed by atoms with Gasteiger partial charge >= 0.3 is 6.03 Å². The number of anilines is 1. The first-order valence-corrected chi connectivity index (χ1v) is 6.42. The minimum absolute atomic E-state index is 0.00707. The van der Waals surface area contributed by atoms with Crippen molar-refractivity contribution in [3.63, 3.8) is 0 Å². The number of likely N-dealkylation sites (tertiary alicyclic amines) is 1. The molecule has 1 N–H and O–H groups in total. The maximum absolute atomic E-state index is 12.1. The number of rotatable bonds is 2. The quantitative estimate of drug-likeness (QED) is 0.873. The lowest BCUT2D eigenvalue weighted by Crippen LogP contribution is -2.44. The molecule has 1 aliphatic heterocycles. The highest BCUT2D eigenvalue weighted by atomic mass is 16.5. The largest absolute Gasteiger partial charge is 0.497 e. The van der Waals surface area contributed by atoms with Gasteiger partial charge in [-0.25, -0.2) is 4.79 Å². The number of carbonyl (C=O) groups excluding carboxylic acids is 1. The Kier molecular flexibility index (Phi) is 4.07. The van der Waals surface area contributed by atoms with Gasteiger partial charge in [-0.1, -0.05) is 0 Å². The Morgan fingerprint density at radius 2 is 2.06 bits per heavy atom. The lowest BCUT2D eigenvalue weighted by atomic mass is 10.0. The van der Waals surface area contributed by atoms with E-state index in [1.165, 1.54) is 6.42 Å². The number of nitrogens with one attached hydrogen (secondary N) is 1. The summed E-state index contributed by atoms with van der Waals surface area (Å²) in [5.41, 5.74) is 0.804. The third-order valence-corrected chi connectivity index (χ3v) is 3.41. The molecule has 0 aliphatic carbocycles. The summed E-state index contributed by atoms with van der Waals surface area (Å²) in [6.07, 6.45) is 3.41. The van der Waals surface area contributed by atoms with Crippen molar-refractivity contribution < 1.29 is 9.53 Å². The number of amides is 2. The smallest absolute Gasteiger partial charge is 0.322 e. The van der Waals surface area contributed by atoms with Crippen molar-refractivity contribution in [2.45, 2.75) is 32.2 Å². The van der Waals surface area contributed by atoms with Crippen LogP contribution in [-0.4, -0.2) is 30.6 Å². The van der Waals surface area contributed by atoms with Gasteiger partial charge in [0.2, 0.25) is 0 Å². The van der Waals surface area contributed by atoms with Crippen LogP contribution in [0.3, 0.4) is 0 Å². The minimum Gasteiger partial charge on any atom is -0.497 e. The van der Waals surface area contributed by atoms with Gasteiger partial charge < -0.3 is 15.0 Å². The van der Waals surface area contributed by atoms with Crippen LogP contribution < -0.4 is 10.1 Å². The zero-order valence-corrected chi connectivity index (χ0v) is 11.0. The topological polar surface area (TPSA) is 41.6 Å². The van der Waals surface area contributed by atoms with Gasteiger partial charge in [0.05, 0.1) is 7.11 Å². The van der Waals surface area contributed by atoms with E-state index in [1.54, 1.807) is 7.11 Å². The molecule has 1 aromatic rings. The Morgan fingerprint density at radius 1 is 1.33 bits per heavy atom. The van der Waals surface area contributed by atoms with E-state index in [9.17, 15) is 4.79 Å². The molecule has 1 aromatic carbocycles. The second kappa shape index (κ2) is 5.76. The van der Waals surface area contributed by atoms with Crippen molar-refractivity contribution in [2.75, 3.05) is 19.0 Å². The maximum atomic E-state index is 12.1. The summed E-state index contributed by atoms with van der Waals surface area (Å²) < 4.78 is 5.08. The molecule has 1 atom stereocenters. The van der Waals surface area contributed by atoms with Gasteiger partial charge in [0, 0.05) is 18.3 Å². The number of urea groups is 1. The first-order chi connectivity index (χ1) is 8.70. The van der Waals surface area contributed by atoms with Gasteiger partial charge in [0.15, 0.2) is 0 Å². The van der Waals surface area contributed by atoms with Crippen LogP contribution in [0.1, 0.15) is 26.2 Å². The van der Waals surface area contributed by atoms with Gasteiger partial charge in [-0.3, -0.25) is 0 Å². The van der Waals surface area contributed by atoms with Crippen molar-refractivity contribution in [1.82, 2.24) is 4.90 Å².